The standard InChI is InChI=1S/C22H30O/c1-14(15-5-6-15)18-9-11-22-10-3-2-4-20(22)19(18)12-16-7-8-17(23)13-21(16)22/h7-8,13-15,18-20,23H,2-6,9-12H2,1H3. The number of phenols is 1. The lowest BCUT2D eigenvalue weighted by molar-refractivity contribution is -0.0120. The van der Waals surface area contributed by atoms with E-state index in [-0.39, 0.29) is 0 Å². The van der Waals surface area contributed by atoms with Gasteiger partial charge in [0.25, 0.3) is 0 Å². The van der Waals surface area contributed by atoms with Crippen molar-refractivity contribution < 1.29 is 5.11 Å². The van der Waals surface area contributed by atoms with E-state index in [1.54, 1.807) is 5.56 Å². The molecule has 5 unspecified atom stereocenters. The van der Waals surface area contributed by atoms with Crippen molar-refractivity contribution in [3.63, 3.8) is 0 Å². The Balaban J connectivity index is 1.59. The summed E-state index contributed by atoms with van der Waals surface area (Å²) in [5.74, 6) is 5.23. The third-order valence-electron chi connectivity index (χ3n) is 8.21. The van der Waals surface area contributed by atoms with Gasteiger partial charge in [-0.1, -0.05) is 25.8 Å². The van der Waals surface area contributed by atoms with E-state index in [9.17, 15) is 5.11 Å². The molecule has 4 aliphatic rings. The van der Waals surface area contributed by atoms with Crippen LogP contribution in [0.4, 0.5) is 0 Å². The Kier molecular flexibility index (Phi) is 3.13. The lowest BCUT2D eigenvalue weighted by Gasteiger charge is -2.59. The van der Waals surface area contributed by atoms with Gasteiger partial charge in [-0.3, -0.25) is 0 Å². The zero-order valence-corrected chi connectivity index (χ0v) is 14.4. The van der Waals surface area contributed by atoms with E-state index in [1.165, 1.54) is 63.4 Å². The topological polar surface area (TPSA) is 20.2 Å². The van der Waals surface area contributed by atoms with E-state index in [0.29, 0.717) is 11.2 Å². The average molecular weight is 310 g/mol. The van der Waals surface area contributed by atoms with Gasteiger partial charge in [-0.15, -0.1) is 0 Å². The van der Waals surface area contributed by atoms with Gasteiger partial charge in [-0.05, 0) is 103 Å². The van der Waals surface area contributed by atoms with Gasteiger partial charge in [0.15, 0.2) is 0 Å². The molecule has 23 heavy (non-hydrogen) atoms. The highest BCUT2D eigenvalue weighted by Crippen LogP contribution is 2.62. The molecule has 3 saturated carbocycles. The molecule has 4 aliphatic carbocycles. The molecule has 1 aromatic carbocycles. The first kappa shape index (κ1) is 14.4. The molecule has 124 valence electrons. The molecule has 0 aromatic heterocycles. The van der Waals surface area contributed by atoms with Gasteiger partial charge in [0, 0.05) is 0 Å². The second-order valence-electron chi connectivity index (χ2n) is 9.12. The van der Waals surface area contributed by atoms with Gasteiger partial charge >= 0.3 is 0 Å². The molecule has 1 aromatic rings. The molecule has 1 nitrogen and oxygen atoms in total. The smallest absolute Gasteiger partial charge is 0.115 e. The highest BCUT2D eigenvalue weighted by Gasteiger charge is 2.55. The van der Waals surface area contributed by atoms with Crippen LogP contribution in [-0.2, 0) is 11.8 Å². The van der Waals surface area contributed by atoms with Crippen molar-refractivity contribution in [1.82, 2.24) is 0 Å². The number of rotatable bonds is 2. The summed E-state index contributed by atoms with van der Waals surface area (Å²) < 4.78 is 0. The Bertz CT molecular complexity index is 616. The molecule has 1 heteroatoms. The average Bonchev–Trinajstić information content (AvgIpc) is 3.40. The predicted molar refractivity (Wildman–Crippen MR) is 93.5 cm³/mol. The normalized spacial score (nSPS) is 40.1. The maximum Gasteiger partial charge on any atom is 0.115 e. The summed E-state index contributed by atoms with van der Waals surface area (Å²) in [6.45, 7) is 2.56. The van der Waals surface area contributed by atoms with Crippen molar-refractivity contribution in [3.05, 3.63) is 29.3 Å². The van der Waals surface area contributed by atoms with Crippen LogP contribution in [0.25, 0.3) is 0 Å². The van der Waals surface area contributed by atoms with Gasteiger partial charge in [0.2, 0.25) is 0 Å². The fourth-order valence-corrected chi connectivity index (χ4v) is 6.98. The molecule has 0 saturated heterocycles. The molecule has 1 N–H and O–H groups in total. The Hall–Kier alpha value is -0.980. The first-order valence-electron chi connectivity index (χ1n) is 10.0. The maximum absolute atomic E-state index is 10.1. The van der Waals surface area contributed by atoms with Crippen LogP contribution < -0.4 is 0 Å². The molecule has 0 amide bonds. The minimum atomic E-state index is 0.412. The van der Waals surface area contributed by atoms with Crippen LogP contribution in [0.2, 0.25) is 0 Å². The number of hydrogen-bond donors (Lipinski definition) is 1. The van der Waals surface area contributed by atoms with E-state index in [4.69, 9.17) is 0 Å². The van der Waals surface area contributed by atoms with Crippen LogP contribution in [0.15, 0.2) is 18.2 Å². The first-order chi connectivity index (χ1) is 11.2. The molecule has 5 atom stereocenters. The van der Waals surface area contributed by atoms with E-state index < -0.39 is 0 Å². The zero-order chi connectivity index (χ0) is 15.6. The van der Waals surface area contributed by atoms with E-state index in [1.807, 2.05) is 6.07 Å². The lowest BCUT2D eigenvalue weighted by Crippen LogP contribution is -2.53. The summed E-state index contributed by atoms with van der Waals surface area (Å²) in [6.07, 6.45) is 12.7. The summed E-state index contributed by atoms with van der Waals surface area (Å²) in [4.78, 5) is 0. The number of hydrogen-bond acceptors (Lipinski definition) is 1. The molecule has 3 fully saturated rings. The van der Waals surface area contributed by atoms with Gasteiger partial charge in [-0.2, -0.15) is 0 Å². The minimum absolute atomic E-state index is 0.412. The van der Waals surface area contributed by atoms with Crippen molar-refractivity contribution in [2.24, 2.45) is 29.6 Å². The van der Waals surface area contributed by atoms with Crippen LogP contribution in [0, 0.1) is 29.6 Å². The molecular weight excluding hydrogens is 280 g/mol. The van der Waals surface area contributed by atoms with Gasteiger partial charge in [0.05, 0.1) is 0 Å². The number of benzene rings is 1. The minimum Gasteiger partial charge on any atom is -0.508 e. The summed E-state index contributed by atoms with van der Waals surface area (Å²) in [5, 5.41) is 10.1. The monoisotopic (exact) mass is 310 g/mol. The van der Waals surface area contributed by atoms with E-state index in [2.05, 4.69) is 19.1 Å². The van der Waals surface area contributed by atoms with Crippen molar-refractivity contribution >= 4 is 0 Å². The molecule has 5 rings (SSSR count). The molecular formula is C22H30O. The largest absolute Gasteiger partial charge is 0.508 e. The highest BCUT2D eigenvalue weighted by atomic mass is 16.3. The summed E-state index contributed by atoms with van der Waals surface area (Å²) in [5.41, 5.74) is 3.52. The molecule has 0 aliphatic heterocycles. The molecule has 0 spiro atoms. The quantitative estimate of drug-likeness (QED) is 0.770. The van der Waals surface area contributed by atoms with Gasteiger partial charge < -0.3 is 5.11 Å². The highest BCUT2D eigenvalue weighted by molar-refractivity contribution is 5.44. The van der Waals surface area contributed by atoms with Crippen LogP contribution in [0.5, 0.6) is 5.75 Å². The molecule has 0 heterocycles. The summed E-state index contributed by atoms with van der Waals surface area (Å²) >= 11 is 0. The first-order valence-corrected chi connectivity index (χ1v) is 10.0. The number of phenolic OH excluding ortho intramolecular Hbond substituents is 1. The SMILES string of the molecule is CC(C1CC1)C1CCC23CCCCC2C1Cc1ccc(O)cc13. The summed E-state index contributed by atoms with van der Waals surface area (Å²) in [7, 11) is 0. The van der Waals surface area contributed by atoms with Crippen LogP contribution in [0.3, 0.4) is 0 Å². The summed E-state index contributed by atoms with van der Waals surface area (Å²) in [6, 6.07) is 6.30. The second kappa shape index (κ2) is 5.01. The molecule has 0 radical (unpaired) electrons. The third kappa shape index (κ3) is 2.04. The van der Waals surface area contributed by atoms with E-state index >= 15 is 0 Å². The number of fused-ring (bicyclic) bond motifs is 1. The van der Waals surface area contributed by atoms with Gasteiger partial charge in [0.1, 0.15) is 5.75 Å². The zero-order valence-electron chi connectivity index (χ0n) is 14.4. The van der Waals surface area contributed by atoms with Crippen molar-refractivity contribution in [2.75, 3.05) is 0 Å². The lowest BCUT2D eigenvalue weighted by atomic mass is 9.45. The maximum atomic E-state index is 10.1. The Morgan fingerprint density at radius 3 is 2.78 bits per heavy atom. The molecule has 2 bridgehead atoms. The van der Waals surface area contributed by atoms with Crippen molar-refractivity contribution in [3.8, 4) is 5.75 Å². The fourth-order valence-electron chi connectivity index (χ4n) is 6.98. The number of aromatic hydroxyl groups is 1. The third-order valence-corrected chi connectivity index (χ3v) is 8.21. The van der Waals surface area contributed by atoms with Crippen molar-refractivity contribution in [2.45, 2.75) is 70.1 Å². The van der Waals surface area contributed by atoms with Gasteiger partial charge in [-0.25, -0.2) is 0 Å². The second-order valence-corrected chi connectivity index (χ2v) is 9.12. The van der Waals surface area contributed by atoms with Crippen LogP contribution >= 0.6 is 0 Å². The van der Waals surface area contributed by atoms with E-state index in [0.717, 1.165) is 29.6 Å². The predicted octanol–water partition coefficient (Wildman–Crippen LogP) is 5.45. The Morgan fingerprint density at radius 1 is 1.09 bits per heavy atom. The van der Waals surface area contributed by atoms with Crippen LogP contribution in [-0.4, -0.2) is 5.11 Å². The fraction of sp³-hybridized carbons (Fsp3) is 0.727. The Labute approximate surface area is 140 Å². The van der Waals surface area contributed by atoms with Crippen molar-refractivity contribution in [1.29, 1.82) is 0 Å². The Morgan fingerprint density at radius 2 is 1.96 bits per heavy atom. The van der Waals surface area contributed by atoms with Crippen LogP contribution in [0.1, 0.15) is 69.4 Å².